The largest absolute Gasteiger partial charge is 0.366 e. The summed E-state index contributed by atoms with van der Waals surface area (Å²) in [6, 6.07) is 12.8. The SMILES string of the molecule is CC1(C)CCC(NCc2cccc(-c3ccc(C(N)=O)cc3F)c2)CC1.Cl. The molecule has 2 aromatic carbocycles. The van der Waals surface area contributed by atoms with Crippen LogP contribution in [-0.4, -0.2) is 11.9 Å². The third kappa shape index (κ3) is 5.53. The molecule has 0 bridgehead atoms. The molecule has 1 amide bonds. The third-order valence-corrected chi connectivity index (χ3v) is 5.43. The van der Waals surface area contributed by atoms with Crippen molar-refractivity contribution in [3.63, 3.8) is 0 Å². The van der Waals surface area contributed by atoms with Gasteiger partial charge in [-0.3, -0.25) is 4.79 Å². The Morgan fingerprint density at radius 3 is 2.52 bits per heavy atom. The fourth-order valence-electron chi connectivity index (χ4n) is 3.62. The second-order valence-electron chi connectivity index (χ2n) is 8.08. The predicted molar refractivity (Wildman–Crippen MR) is 110 cm³/mol. The minimum Gasteiger partial charge on any atom is -0.366 e. The van der Waals surface area contributed by atoms with E-state index in [0.29, 0.717) is 17.0 Å². The van der Waals surface area contributed by atoms with Crippen LogP contribution in [0.3, 0.4) is 0 Å². The van der Waals surface area contributed by atoms with E-state index >= 15 is 0 Å². The Morgan fingerprint density at radius 2 is 1.89 bits per heavy atom. The van der Waals surface area contributed by atoms with Crippen molar-refractivity contribution in [2.24, 2.45) is 11.1 Å². The minimum absolute atomic E-state index is 0. The van der Waals surface area contributed by atoms with Crippen molar-refractivity contribution in [3.05, 3.63) is 59.4 Å². The molecule has 1 saturated carbocycles. The molecule has 0 aliphatic heterocycles. The Labute approximate surface area is 167 Å². The van der Waals surface area contributed by atoms with Gasteiger partial charge in [0.15, 0.2) is 0 Å². The van der Waals surface area contributed by atoms with Crippen molar-refractivity contribution in [2.75, 3.05) is 0 Å². The second kappa shape index (κ2) is 8.85. The van der Waals surface area contributed by atoms with E-state index in [1.165, 1.54) is 31.7 Å². The first-order chi connectivity index (χ1) is 12.3. The molecule has 3 N–H and O–H groups in total. The van der Waals surface area contributed by atoms with Gasteiger partial charge in [-0.05, 0) is 60.4 Å². The lowest BCUT2D eigenvalue weighted by Crippen LogP contribution is -2.35. The molecule has 0 saturated heterocycles. The molecular weight excluding hydrogens is 363 g/mol. The molecule has 27 heavy (non-hydrogen) atoms. The van der Waals surface area contributed by atoms with E-state index in [1.807, 2.05) is 18.2 Å². The van der Waals surface area contributed by atoms with Gasteiger partial charge in [0.25, 0.3) is 0 Å². The van der Waals surface area contributed by atoms with E-state index in [4.69, 9.17) is 5.73 Å². The van der Waals surface area contributed by atoms with Gasteiger partial charge in [-0.1, -0.05) is 38.1 Å². The van der Waals surface area contributed by atoms with Crippen LogP contribution >= 0.6 is 12.4 Å². The molecule has 0 aromatic heterocycles. The molecule has 0 unspecified atom stereocenters. The van der Waals surface area contributed by atoms with Gasteiger partial charge >= 0.3 is 0 Å². The van der Waals surface area contributed by atoms with Gasteiger partial charge in [0.05, 0.1) is 0 Å². The standard InChI is InChI=1S/C22H27FN2O.ClH/c1-22(2)10-8-18(9-11-22)25-14-15-4-3-5-16(12-15)19-7-6-17(21(24)26)13-20(19)23;/h3-7,12-13,18,25H,8-11,14H2,1-2H3,(H2,24,26);1H. The van der Waals surface area contributed by atoms with Gasteiger partial charge in [-0.25, -0.2) is 4.39 Å². The maximum atomic E-state index is 14.4. The molecule has 146 valence electrons. The Bertz CT molecular complexity index is 797. The molecule has 0 spiro atoms. The number of halogens is 2. The average Bonchev–Trinajstić information content (AvgIpc) is 2.61. The van der Waals surface area contributed by atoms with Crippen molar-refractivity contribution in [2.45, 2.75) is 52.1 Å². The number of nitrogens with one attached hydrogen (secondary N) is 1. The predicted octanol–water partition coefficient (Wildman–Crippen LogP) is 5.07. The number of benzene rings is 2. The summed E-state index contributed by atoms with van der Waals surface area (Å²) in [5.74, 6) is -1.05. The lowest BCUT2D eigenvalue weighted by Gasteiger charge is -2.34. The number of carbonyl (C=O) groups is 1. The summed E-state index contributed by atoms with van der Waals surface area (Å²) in [5, 5.41) is 3.64. The van der Waals surface area contributed by atoms with E-state index < -0.39 is 11.7 Å². The summed E-state index contributed by atoms with van der Waals surface area (Å²) in [6.07, 6.45) is 4.91. The van der Waals surface area contributed by atoms with Crippen molar-refractivity contribution in [1.82, 2.24) is 5.32 Å². The van der Waals surface area contributed by atoms with Crippen molar-refractivity contribution < 1.29 is 9.18 Å². The van der Waals surface area contributed by atoms with Crippen LogP contribution in [0.2, 0.25) is 0 Å². The summed E-state index contributed by atoms with van der Waals surface area (Å²) in [4.78, 5) is 11.2. The van der Waals surface area contributed by atoms with Crippen LogP contribution in [0, 0.1) is 11.2 Å². The zero-order valence-corrected chi connectivity index (χ0v) is 16.7. The van der Waals surface area contributed by atoms with Crippen LogP contribution < -0.4 is 11.1 Å². The number of nitrogens with two attached hydrogens (primary N) is 1. The number of hydrogen-bond acceptors (Lipinski definition) is 2. The number of hydrogen-bond donors (Lipinski definition) is 2. The van der Waals surface area contributed by atoms with Crippen LogP contribution in [0.5, 0.6) is 0 Å². The van der Waals surface area contributed by atoms with Crippen molar-refractivity contribution >= 4 is 18.3 Å². The van der Waals surface area contributed by atoms with E-state index in [9.17, 15) is 9.18 Å². The Kier molecular flexibility index (Phi) is 7.01. The monoisotopic (exact) mass is 390 g/mol. The lowest BCUT2D eigenvalue weighted by atomic mass is 9.75. The van der Waals surface area contributed by atoms with Gasteiger partial charge in [0.1, 0.15) is 5.82 Å². The molecule has 1 aliphatic carbocycles. The average molecular weight is 391 g/mol. The molecule has 0 heterocycles. The Balaban J connectivity index is 0.00000261. The quantitative estimate of drug-likeness (QED) is 0.748. The first kappa shape index (κ1) is 21.4. The number of amides is 1. The molecule has 0 atom stereocenters. The zero-order chi connectivity index (χ0) is 18.7. The first-order valence-electron chi connectivity index (χ1n) is 9.26. The normalized spacial score (nSPS) is 16.6. The van der Waals surface area contributed by atoms with Gasteiger partial charge in [-0.15, -0.1) is 12.4 Å². The van der Waals surface area contributed by atoms with Crippen LogP contribution in [0.1, 0.15) is 55.5 Å². The summed E-state index contributed by atoms with van der Waals surface area (Å²) in [5.41, 5.74) is 8.28. The molecule has 5 heteroatoms. The number of carbonyl (C=O) groups excluding carboxylic acids is 1. The van der Waals surface area contributed by atoms with E-state index in [1.54, 1.807) is 12.1 Å². The molecule has 2 aromatic rings. The highest BCUT2D eigenvalue weighted by molar-refractivity contribution is 5.93. The highest BCUT2D eigenvalue weighted by Crippen LogP contribution is 2.35. The van der Waals surface area contributed by atoms with Gasteiger partial charge in [0.2, 0.25) is 5.91 Å². The number of rotatable bonds is 5. The summed E-state index contributed by atoms with van der Waals surface area (Å²) < 4.78 is 14.4. The maximum absolute atomic E-state index is 14.4. The number of primary amides is 1. The van der Waals surface area contributed by atoms with Gasteiger partial charge < -0.3 is 11.1 Å². The highest BCUT2D eigenvalue weighted by Gasteiger charge is 2.26. The van der Waals surface area contributed by atoms with Crippen molar-refractivity contribution in [1.29, 1.82) is 0 Å². The Morgan fingerprint density at radius 1 is 1.19 bits per heavy atom. The van der Waals surface area contributed by atoms with E-state index in [2.05, 4.69) is 25.2 Å². The van der Waals surface area contributed by atoms with Gasteiger partial charge in [0, 0.05) is 23.7 Å². The molecule has 1 fully saturated rings. The molecule has 3 nitrogen and oxygen atoms in total. The van der Waals surface area contributed by atoms with Crippen LogP contribution in [-0.2, 0) is 6.54 Å². The van der Waals surface area contributed by atoms with Crippen LogP contribution in [0.15, 0.2) is 42.5 Å². The summed E-state index contributed by atoms with van der Waals surface area (Å²) >= 11 is 0. The zero-order valence-electron chi connectivity index (χ0n) is 15.9. The molecular formula is C22H28ClFN2O. The highest BCUT2D eigenvalue weighted by atomic mass is 35.5. The van der Waals surface area contributed by atoms with Crippen molar-refractivity contribution in [3.8, 4) is 11.1 Å². The fraction of sp³-hybridized carbons (Fsp3) is 0.409. The lowest BCUT2D eigenvalue weighted by molar-refractivity contribution is 0.1000. The first-order valence-corrected chi connectivity index (χ1v) is 9.26. The summed E-state index contributed by atoms with van der Waals surface area (Å²) in [6.45, 7) is 5.45. The maximum Gasteiger partial charge on any atom is 0.248 e. The fourth-order valence-corrected chi connectivity index (χ4v) is 3.62. The van der Waals surface area contributed by atoms with Crippen LogP contribution in [0.25, 0.3) is 11.1 Å². The smallest absolute Gasteiger partial charge is 0.248 e. The van der Waals surface area contributed by atoms with Gasteiger partial charge in [-0.2, -0.15) is 0 Å². The minimum atomic E-state index is -0.621. The van der Waals surface area contributed by atoms with Crippen LogP contribution in [0.4, 0.5) is 4.39 Å². The second-order valence-corrected chi connectivity index (χ2v) is 8.08. The molecule has 0 radical (unpaired) electrons. The Hall–Kier alpha value is -1.91. The summed E-state index contributed by atoms with van der Waals surface area (Å²) in [7, 11) is 0. The topological polar surface area (TPSA) is 55.1 Å². The molecule has 1 aliphatic rings. The third-order valence-electron chi connectivity index (χ3n) is 5.43. The van der Waals surface area contributed by atoms with E-state index in [-0.39, 0.29) is 18.0 Å². The molecule has 3 rings (SSSR count). The van der Waals surface area contributed by atoms with E-state index in [0.717, 1.165) is 17.7 Å².